The van der Waals surface area contributed by atoms with Gasteiger partial charge in [-0.25, -0.2) is 0 Å². The Bertz CT molecular complexity index is 737. The van der Waals surface area contributed by atoms with Crippen LogP contribution in [0.1, 0.15) is 19.3 Å². The minimum Gasteiger partial charge on any atom is -0.481 e. The van der Waals surface area contributed by atoms with Gasteiger partial charge in [-0.3, -0.25) is 9.78 Å². The van der Waals surface area contributed by atoms with Gasteiger partial charge < -0.3 is 14.7 Å². The van der Waals surface area contributed by atoms with E-state index in [0.29, 0.717) is 22.8 Å². The molecule has 2 atom stereocenters. The molecule has 2 aromatic rings. The van der Waals surface area contributed by atoms with Gasteiger partial charge in [-0.15, -0.1) is 0 Å². The number of hydrogen-bond acceptors (Lipinski definition) is 4. The van der Waals surface area contributed by atoms with E-state index in [1.165, 1.54) is 0 Å². The summed E-state index contributed by atoms with van der Waals surface area (Å²) < 4.78 is 5.67. The number of likely N-dealkylation sites (N-methyl/N-ethyl adjacent to an activating group) is 1. The van der Waals surface area contributed by atoms with Crippen LogP contribution in [-0.4, -0.2) is 47.2 Å². The Kier molecular flexibility index (Phi) is 5.21. The first kappa shape index (κ1) is 17.0. The van der Waals surface area contributed by atoms with E-state index >= 15 is 0 Å². The number of pyridine rings is 1. The molecule has 1 aliphatic carbocycles. The van der Waals surface area contributed by atoms with Gasteiger partial charge in [-0.05, 0) is 37.1 Å². The summed E-state index contributed by atoms with van der Waals surface area (Å²) in [6.07, 6.45) is 4.18. The van der Waals surface area contributed by atoms with Crippen LogP contribution in [0.25, 0.3) is 10.9 Å². The van der Waals surface area contributed by atoms with Gasteiger partial charge in [0.25, 0.3) is 5.91 Å². The second-order valence-electron chi connectivity index (χ2n) is 6.27. The van der Waals surface area contributed by atoms with Crippen LogP contribution in [0.2, 0.25) is 5.02 Å². The van der Waals surface area contributed by atoms with Gasteiger partial charge >= 0.3 is 0 Å². The third-order valence-corrected chi connectivity index (χ3v) is 4.91. The first-order chi connectivity index (χ1) is 11.6. The third kappa shape index (κ3) is 3.62. The first-order valence-electron chi connectivity index (χ1n) is 8.14. The molecule has 1 amide bonds. The maximum absolute atomic E-state index is 12.3. The number of ether oxygens (including phenoxy) is 1. The Labute approximate surface area is 146 Å². The zero-order valence-electron chi connectivity index (χ0n) is 13.6. The van der Waals surface area contributed by atoms with Gasteiger partial charge in [0.2, 0.25) is 0 Å². The Balaban J connectivity index is 1.63. The van der Waals surface area contributed by atoms with Crippen molar-refractivity contribution in [2.45, 2.75) is 25.4 Å². The fourth-order valence-corrected chi connectivity index (χ4v) is 3.38. The van der Waals surface area contributed by atoms with Crippen molar-refractivity contribution in [3.8, 4) is 5.75 Å². The number of benzene rings is 1. The molecule has 0 radical (unpaired) electrons. The summed E-state index contributed by atoms with van der Waals surface area (Å²) in [5.74, 6) is 0.586. The summed E-state index contributed by atoms with van der Waals surface area (Å²) in [7, 11) is 1.74. The van der Waals surface area contributed by atoms with E-state index in [-0.39, 0.29) is 24.5 Å². The van der Waals surface area contributed by atoms with Crippen molar-refractivity contribution >= 4 is 28.4 Å². The Morgan fingerprint density at radius 3 is 3.00 bits per heavy atom. The molecule has 1 N–H and O–H groups in total. The second-order valence-corrected chi connectivity index (χ2v) is 6.67. The number of rotatable bonds is 5. The standard InChI is InChI=1S/C18H21ClN2O3/c1-21(10-12-4-2-6-15(12)22)17(23)11-24-16-8-7-14(19)13-5-3-9-20-18(13)16/h3,5,7-9,12,15,22H,2,4,6,10-11H2,1H3. The molecule has 1 aromatic carbocycles. The van der Waals surface area contributed by atoms with Gasteiger partial charge in [0.1, 0.15) is 11.3 Å². The number of hydrogen-bond donors (Lipinski definition) is 1. The Morgan fingerprint density at radius 1 is 1.42 bits per heavy atom. The van der Waals surface area contributed by atoms with E-state index in [9.17, 15) is 9.90 Å². The molecule has 0 spiro atoms. The monoisotopic (exact) mass is 348 g/mol. The molecule has 3 rings (SSSR count). The summed E-state index contributed by atoms with van der Waals surface area (Å²) in [5, 5.41) is 11.3. The summed E-state index contributed by atoms with van der Waals surface area (Å²) in [5.41, 5.74) is 0.645. The van der Waals surface area contributed by atoms with Crippen molar-refractivity contribution in [1.82, 2.24) is 9.88 Å². The quantitative estimate of drug-likeness (QED) is 0.902. The highest BCUT2D eigenvalue weighted by Gasteiger charge is 2.27. The summed E-state index contributed by atoms with van der Waals surface area (Å²) in [6.45, 7) is 0.496. The molecule has 0 saturated heterocycles. The highest BCUT2D eigenvalue weighted by atomic mass is 35.5. The number of carbonyl (C=O) groups excluding carboxylic acids is 1. The summed E-state index contributed by atoms with van der Waals surface area (Å²) >= 11 is 6.16. The van der Waals surface area contributed by atoms with E-state index < -0.39 is 0 Å². The van der Waals surface area contributed by atoms with E-state index in [0.717, 1.165) is 24.6 Å². The minimum atomic E-state index is -0.300. The van der Waals surface area contributed by atoms with Crippen molar-refractivity contribution in [2.24, 2.45) is 5.92 Å². The van der Waals surface area contributed by atoms with Crippen LogP contribution in [-0.2, 0) is 4.79 Å². The molecule has 5 nitrogen and oxygen atoms in total. The molecule has 1 saturated carbocycles. The van der Waals surface area contributed by atoms with E-state index in [1.807, 2.05) is 12.1 Å². The van der Waals surface area contributed by atoms with Crippen molar-refractivity contribution in [1.29, 1.82) is 0 Å². The lowest BCUT2D eigenvalue weighted by molar-refractivity contribution is -0.132. The summed E-state index contributed by atoms with van der Waals surface area (Å²) in [4.78, 5) is 18.2. The number of carbonyl (C=O) groups is 1. The molecule has 1 fully saturated rings. The average molecular weight is 349 g/mol. The SMILES string of the molecule is CN(CC1CCCC1O)C(=O)COc1ccc(Cl)c2cccnc12. The van der Waals surface area contributed by atoms with Crippen LogP contribution >= 0.6 is 11.6 Å². The molecular formula is C18H21ClN2O3. The van der Waals surface area contributed by atoms with Crippen molar-refractivity contribution < 1.29 is 14.6 Å². The molecule has 0 bridgehead atoms. The number of nitrogens with zero attached hydrogens (tertiary/aromatic N) is 2. The highest BCUT2D eigenvalue weighted by Crippen LogP contribution is 2.30. The molecule has 1 heterocycles. The number of aliphatic hydroxyl groups is 1. The van der Waals surface area contributed by atoms with E-state index in [1.54, 1.807) is 30.3 Å². The van der Waals surface area contributed by atoms with Crippen LogP contribution in [0, 0.1) is 5.92 Å². The largest absolute Gasteiger partial charge is 0.481 e. The van der Waals surface area contributed by atoms with E-state index in [4.69, 9.17) is 16.3 Å². The molecule has 0 aliphatic heterocycles. The second kappa shape index (κ2) is 7.36. The first-order valence-corrected chi connectivity index (χ1v) is 8.52. The van der Waals surface area contributed by atoms with E-state index in [2.05, 4.69) is 4.98 Å². The number of fused-ring (bicyclic) bond motifs is 1. The van der Waals surface area contributed by atoms with Gasteiger partial charge in [0.05, 0.1) is 11.1 Å². The van der Waals surface area contributed by atoms with Gasteiger partial charge in [0, 0.05) is 31.1 Å². The minimum absolute atomic E-state index is 0.0629. The van der Waals surface area contributed by atoms with Gasteiger partial charge in [-0.2, -0.15) is 0 Å². The fourth-order valence-electron chi connectivity index (χ4n) is 3.16. The predicted octanol–water partition coefficient (Wildman–Crippen LogP) is 2.89. The predicted molar refractivity (Wildman–Crippen MR) is 93.2 cm³/mol. The lowest BCUT2D eigenvalue weighted by atomic mass is 10.1. The normalized spacial score (nSPS) is 20.3. The zero-order valence-corrected chi connectivity index (χ0v) is 14.4. The maximum atomic E-state index is 12.3. The van der Waals surface area contributed by atoms with Crippen molar-refractivity contribution in [3.63, 3.8) is 0 Å². The van der Waals surface area contributed by atoms with Crippen LogP contribution in [0.15, 0.2) is 30.5 Å². The van der Waals surface area contributed by atoms with Gasteiger partial charge in [-0.1, -0.05) is 18.0 Å². The lowest BCUT2D eigenvalue weighted by Gasteiger charge is -2.23. The molecule has 1 aromatic heterocycles. The number of amides is 1. The third-order valence-electron chi connectivity index (χ3n) is 4.58. The molecule has 24 heavy (non-hydrogen) atoms. The number of aromatic nitrogens is 1. The zero-order chi connectivity index (χ0) is 17.1. The van der Waals surface area contributed by atoms with Crippen LogP contribution in [0.4, 0.5) is 0 Å². The van der Waals surface area contributed by atoms with Crippen molar-refractivity contribution in [2.75, 3.05) is 20.2 Å². The lowest BCUT2D eigenvalue weighted by Crippen LogP contribution is -2.37. The molecular weight excluding hydrogens is 328 g/mol. The average Bonchev–Trinajstić information content (AvgIpc) is 2.99. The maximum Gasteiger partial charge on any atom is 0.260 e. The topological polar surface area (TPSA) is 62.7 Å². The summed E-state index contributed by atoms with van der Waals surface area (Å²) in [6, 6.07) is 7.15. The smallest absolute Gasteiger partial charge is 0.260 e. The van der Waals surface area contributed by atoms with Crippen LogP contribution in [0.3, 0.4) is 0 Å². The van der Waals surface area contributed by atoms with Crippen molar-refractivity contribution in [3.05, 3.63) is 35.5 Å². The Morgan fingerprint density at radius 2 is 2.25 bits per heavy atom. The van der Waals surface area contributed by atoms with Crippen LogP contribution < -0.4 is 4.74 Å². The van der Waals surface area contributed by atoms with Crippen LogP contribution in [0.5, 0.6) is 5.75 Å². The number of aliphatic hydroxyl groups excluding tert-OH is 1. The molecule has 6 heteroatoms. The highest BCUT2D eigenvalue weighted by molar-refractivity contribution is 6.35. The Hall–Kier alpha value is -1.85. The fraction of sp³-hybridized carbons (Fsp3) is 0.444. The number of halogens is 1. The molecule has 128 valence electrons. The molecule has 1 aliphatic rings. The molecule has 2 unspecified atom stereocenters. The van der Waals surface area contributed by atoms with Gasteiger partial charge in [0.15, 0.2) is 6.61 Å².